The van der Waals surface area contributed by atoms with Gasteiger partial charge >= 0.3 is 23.9 Å². The number of aliphatic carboxylic acids is 1. The Labute approximate surface area is 456 Å². The first-order chi connectivity index (χ1) is 36.6. The minimum absolute atomic E-state index is 0.0603. The largest absolute Gasteiger partial charge is 0.479 e. The number of ether oxygens (including phenoxy) is 5. The molecule has 1 heterocycles. The maximum Gasteiger partial charge on any atom is 0.335 e. The van der Waals surface area contributed by atoms with Crippen LogP contribution in [0.1, 0.15) is 265 Å². The Bertz CT molecular complexity index is 1540. The van der Waals surface area contributed by atoms with E-state index in [0.29, 0.717) is 19.3 Å². The van der Waals surface area contributed by atoms with Gasteiger partial charge in [0.15, 0.2) is 24.6 Å². The predicted molar refractivity (Wildman–Crippen MR) is 303 cm³/mol. The molecule has 0 aromatic rings. The van der Waals surface area contributed by atoms with Crippen molar-refractivity contribution in [2.24, 2.45) is 0 Å². The molecule has 6 unspecified atom stereocenters. The van der Waals surface area contributed by atoms with Crippen LogP contribution < -0.4 is 0 Å². The summed E-state index contributed by atoms with van der Waals surface area (Å²) < 4.78 is 28.4. The molecular weight excluding hydrogens is 949 g/mol. The molecule has 0 radical (unpaired) electrons. The molecule has 6 atom stereocenters. The number of hydrogen-bond donors (Lipinski definition) is 3. The number of allylic oxidation sites excluding steroid dienone is 10. The van der Waals surface area contributed by atoms with Crippen LogP contribution in [0.5, 0.6) is 0 Å². The van der Waals surface area contributed by atoms with Gasteiger partial charge in [-0.2, -0.15) is 0 Å². The van der Waals surface area contributed by atoms with E-state index < -0.39 is 67.3 Å². The third kappa shape index (κ3) is 41.2. The minimum Gasteiger partial charge on any atom is -0.479 e. The fourth-order valence-corrected chi connectivity index (χ4v) is 8.94. The molecule has 1 rings (SSSR count). The highest BCUT2D eigenvalue weighted by atomic mass is 16.7. The number of carboxylic acid groups (broad SMARTS) is 1. The summed E-state index contributed by atoms with van der Waals surface area (Å²) in [4.78, 5) is 51.1. The molecule has 12 heteroatoms. The van der Waals surface area contributed by atoms with Crippen LogP contribution in [-0.4, -0.2) is 89.2 Å². The van der Waals surface area contributed by atoms with Crippen LogP contribution in [0, 0.1) is 0 Å². The van der Waals surface area contributed by atoms with Gasteiger partial charge in [0.1, 0.15) is 18.8 Å². The number of unbranched alkanes of at least 4 members (excludes halogenated alkanes) is 27. The van der Waals surface area contributed by atoms with E-state index in [1.165, 1.54) is 77.0 Å². The fourth-order valence-electron chi connectivity index (χ4n) is 8.94. The molecule has 1 aliphatic rings. The molecule has 0 aliphatic carbocycles. The van der Waals surface area contributed by atoms with Crippen LogP contribution >= 0.6 is 0 Å². The summed E-state index contributed by atoms with van der Waals surface area (Å²) in [5, 5.41) is 31.5. The summed E-state index contributed by atoms with van der Waals surface area (Å²) >= 11 is 0. The third-order valence-corrected chi connectivity index (χ3v) is 13.6. The van der Waals surface area contributed by atoms with Crippen molar-refractivity contribution in [3.05, 3.63) is 60.8 Å². The van der Waals surface area contributed by atoms with Gasteiger partial charge in [-0.25, -0.2) is 4.79 Å². The van der Waals surface area contributed by atoms with Gasteiger partial charge in [-0.05, 0) is 83.5 Å². The average Bonchev–Trinajstić information content (AvgIpc) is 3.39. The predicted octanol–water partition coefficient (Wildman–Crippen LogP) is 15.6. The lowest BCUT2D eigenvalue weighted by molar-refractivity contribution is -0.301. The highest BCUT2D eigenvalue weighted by molar-refractivity contribution is 5.74. The van der Waals surface area contributed by atoms with Crippen molar-refractivity contribution in [3.8, 4) is 0 Å². The zero-order chi connectivity index (χ0) is 54.7. The molecule has 1 fully saturated rings. The first-order valence-corrected chi connectivity index (χ1v) is 30.3. The number of aliphatic hydroxyl groups excluding tert-OH is 2. The van der Waals surface area contributed by atoms with Gasteiger partial charge in [0.2, 0.25) is 0 Å². The molecule has 0 spiro atoms. The molecule has 12 nitrogen and oxygen atoms in total. The lowest BCUT2D eigenvalue weighted by atomic mass is 9.98. The SMILES string of the molecule is CC/C=C\C/C=C\C/C=C\CCCCCCCCCC(=O)OCC(COC1OC(C(=O)O)C(O)C(O)C1OC(=O)CCCCCCCCCCCCCCC)OC(=O)CCCCCCC/C=C\C/C=C\CCCCC. The Hall–Kier alpha value is -3.58. The summed E-state index contributed by atoms with van der Waals surface area (Å²) in [5.74, 6) is -3.14. The number of carbonyl (C=O) groups is 4. The smallest absolute Gasteiger partial charge is 0.335 e. The normalized spacial score (nSPS) is 18.5. The van der Waals surface area contributed by atoms with E-state index in [-0.39, 0.29) is 25.9 Å². The van der Waals surface area contributed by atoms with Gasteiger partial charge in [0.25, 0.3) is 0 Å². The van der Waals surface area contributed by atoms with Crippen molar-refractivity contribution in [1.82, 2.24) is 0 Å². The first kappa shape index (κ1) is 69.4. The molecule has 75 heavy (non-hydrogen) atoms. The van der Waals surface area contributed by atoms with Gasteiger partial charge in [0, 0.05) is 19.3 Å². The molecule has 432 valence electrons. The van der Waals surface area contributed by atoms with Crippen LogP contribution in [0.25, 0.3) is 0 Å². The standard InChI is InChI=1S/C63H108O12/c1-4-7-10-13-16-19-22-25-27-28-30-32-34-37-40-43-46-49-55(64)71-52-54(73-56(65)50-47-44-41-38-36-33-29-26-23-20-17-14-11-8-5-2)53-72-63-61(59(68)58(67)60(75-63)62(69)70)74-57(66)51-48-45-42-39-35-31-24-21-18-15-12-9-6-3/h7,10,16-17,19-20,25-27,29,54,58-61,63,67-68H,4-6,8-9,11-15,18,21-24,28,30-53H2,1-3H3,(H,69,70)/b10-7-,19-16-,20-17-,27-25-,29-26-. The monoisotopic (exact) mass is 1060 g/mol. The van der Waals surface area contributed by atoms with Crippen molar-refractivity contribution in [2.45, 2.75) is 302 Å². The summed E-state index contributed by atoms with van der Waals surface area (Å²) in [6.07, 6.45) is 50.4. The number of rotatable bonds is 51. The number of esters is 3. The lowest BCUT2D eigenvalue weighted by Gasteiger charge is -2.40. The van der Waals surface area contributed by atoms with Gasteiger partial charge in [-0.15, -0.1) is 0 Å². The first-order valence-electron chi connectivity index (χ1n) is 30.3. The molecular formula is C63H108O12. The summed E-state index contributed by atoms with van der Waals surface area (Å²) in [6, 6.07) is 0. The Morgan fingerprint density at radius 3 is 1.31 bits per heavy atom. The van der Waals surface area contributed by atoms with Crippen LogP contribution in [0.4, 0.5) is 0 Å². The summed E-state index contributed by atoms with van der Waals surface area (Å²) in [7, 11) is 0. The molecule has 1 saturated heterocycles. The van der Waals surface area contributed by atoms with Crippen molar-refractivity contribution in [3.63, 3.8) is 0 Å². The average molecular weight is 1060 g/mol. The Kier molecular flexibility index (Phi) is 47.4. The second-order valence-electron chi connectivity index (χ2n) is 20.6. The maximum atomic E-state index is 13.1. The van der Waals surface area contributed by atoms with E-state index in [4.69, 9.17) is 23.7 Å². The highest BCUT2D eigenvalue weighted by Gasteiger charge is 2.50. The Morgan fingerprint density at radius 1 is 0.453 bits per heavy atom. The number of carbonyl (C=O) groups excluding carboxylic acids is 3. The molecule has 0 saturated carbocycles. The molecule has 0 bridgehead atoms. The molecule has 0 amide bonds. The second kappa shape index (κ2) is 51.2. The molecule has 0 aromatic heterocycles. The van der Waals surface area contributed by atoms with Crippen molar-refractivity contribution in [1.29, 1.82) is 0 Å². The Balaban J connectivity index is 2.69. The lowest BCUT2D eigenvalue weighted by Crippen LogP contribution is -2.61. The van der Waals surface area contributed by atoms with Gasteiger partial charge in [-0.1, -0.05) is 223 Å². The van der Waals surface area contributed by atoms with Gasteiger partial charge in [0.05, 0.1) is 6.61 Å². The highest BCUT2D eigenvalue weighted by Crippen LogP contribution is 2.26. The topological polar surface area (TPSA) is 175 Å². The quantitative estimate of drug-likeness (QED) is 0.0228. The summed E-state index contributed by atoms with van der Waals surface area (Å²) in [5.41, 5.74) is 0. The summed E-state index contributed by atoms with van der Waals surface area (Å²) in [6.45, 7) is 5.85. The Morgan fingerprint density at radius 2 is 0.840 bits per heavy atom. The maximum absolute atomic E-state index is 13.1. The number of carboxylic acids is 1. The van der Waals surface area contributed by atoms with Crippen LogP contribution in [0.2, 0.25) is 0 Å². The minimum atomic E-state index is -1.90. The zero-order valence-corrected chi connectivity index (χ0v) is 47.5. The van der Waals surface area contributed by atoms with E-state index in [9.17, 15) is 34.5 Å². The van der Waals surface area contributed by atoms with Crippen molar-refractivity contribution in [2.75, 3.05) is 13.2 Å². The molecule has 0 aromatic carbocycles. The van der Waals surface area contributed by atoms with Gasteiger partial charge in [-0.3, -0.25) is 14.4 Å². The van der Waals surface area contributed by atoms with Crippen LogP contribution in [0.3, 0.4) is 0 Å². The van der Waals surface area contributed by atoms with E-state index in [0.717, 1.165) is 128 Å². The van der Waals surface area contributed by atoms with Crippen LogP contribution in [-0.2, 0) is 42.9 Å². The van der Waals surface area contributed by atoms with Crippen molar-refractivity contribution < 1.29 is 58.2 Å². The van der Waals surface area contributed by atoms with Gasteiger partial charge < -0.3 is 39.0 Å². The van der Waals surface area contributed by atoms with E-state index in [1.54, 1.807) is 0 Å². The van der Waals surface area contributed by atoms with Crippen LogP contribution in [0.15, 0.2) is 60.8 Å². The van der Waals surface area contributed by atoms with E-state index >= 15 is 0 Å². The second-order valence-corrected chi connectivity index (χ2v) is 20.6. The van der Waals surface area contributed by atoms with E-state index in [1.807, 2.05) is 0 Å². The zero-order valence-electron chi connectivity index (χ0n) is 47.5. The fraction of sp³-hybridized carbons (Fsp3) is 0.778. The molecule has 3 N–H and O–H groups in total. The number of hydrogen-bond acceptors (Lipinski definition) is 11. The van der Waals surface area contributed by atoms with E-state index in [2.05, 4.69) is 81.5 Å². The number of aliphatic hydroxyl groups is 2. The van der Waals surface area contributed by atoms with Crippen molar-refractivity contribution >= 4 is 23.9 Å². The molecule has 1 aliphatic heterocycles. The third-order valence-electron chi connectivity index (χ3n) is 13.6.